The van der Waals surface area contributed by atoms with Crippen LogP contribution in [0.15, 0.2) is 79.4 Å². The Bertz CT molecular complexity index is 1150. The van der Waals surface area contributed by atoms with Crippen LogP contribution in [0.25, 0.3) is 5.82 Å². The molecular weight excluding hydrogens is 396 g/mol. The van der Waals surface area contributed by atoms with Gasteiger partial charge in [-0.3, -0.25) is 0 Å². The van der Waals surface area contributed by atoms with Crippen molar-refractivity contribution in [3.8, 4) is 23.2 Å². The van der Waals surface area contributed by atoms with Gasteiger partial charge in [-0.2, -0.15) is 5.10 Å². The van der Waals surface area contributed by atoms with Crippen molar-refractivity contribution >= 4 is 11.7 Å². The van der Waals surface area contributed by atoms with Crippen molar-refractivity contribution in [3.05, 3.63) is 84.9 Å². The molecule has 2 N–H and O–H groups in total. The number of rotatable bonds is 7. The van der Waals surface area contributed by atoms with Gasteiger partial charge in [0, 0.05) is 31.3 Å². The van der Waals surface area contributed by atoms with Gasteiger partial charge in [0.05, 0.1) is 7.11 Å². The molecule has 0 atom stereocenters. The summed E-state index contributed by atoms with van der Waals surface area (Å²) in [4.78, 5) is 20.9. The van der Waals surface area contributed by atoms with E-state index in [9.17, 15) is 4.79 Å². The van der Waals surface area contributed by atoms with E-state index in [2.05, 4.69) is 25.7 Å². The van der Waals surface area contributed by atoms with Crippen molar-refractivity contribution < 1.29 is 14.3 Å². The predicted octanol–water partition coefficient (Wildman–Crippen LogP) is 3.78. The number of hydrogen-bond acceptors (Lipinski definition) is 6. The van der Waals surface area contributed by atoms with Crippen LogP contribution in [0.1, 0.15) is 5.56 Å². The minimum absolute atomic E-state index is 0.285. The molecule has 0 unspecified atom stereocenters. The van der Waals surface area contributed by atoms with Gasteiger partial charge in [0.1, 0.15) is 17.2 Å². The smallest absolute Gasteiger partial charge is 0.319 e. The molecule has 4 aromatic rings. The summed E-state index contributed by atoms with van der Waals surface area (Å²) in [6.07, 6.45) is 6.75. The lowest BCUT2D eigenvalue weighted by atomic mass is 10.2. The normalized spacial score (nSPS) is 10.4. The summed E-state index contributed by atoms with van der Waals surface area (Å²) in [7, 11) is 1.60. The first-order valence-electron chi connectivity index (χ1n) is 9.48. The third-order valence-corrected chi connectivity index (χ3v) is 4.30. The second-order valence-corrected chi connectivity index (χ2v) is 6.41. The molecule has 0 spiro atoms. The maximum Gasteiger partial charge on any atom is 0.319 e. The van der Waals surface area contributed by atoms with Crippen molar-refractivity contribution in [1.82, 2.24) is 25.1 Å². The Balaban J connectivity index is 1.38. The zero-order chi connectivity index (χ0) is 21.5. The van der Waals surface area contributed by atoms with E-state index in [1.807, 2.05) is 18.2 Å². The maximum atomic E-state index is 12.4. The summed E-state index contributed by atoms with van der Waals surface area (Å²) in [5.41, 5.74) is 1.33. The highest BCUT2D eigenvalue weighted by Crippen LogP contribution is 2.28. The Morgan fingerprint density at radius 1 is 1.00 bits per heavy atom. The van der Waals surface area contributed by atoms with Gasteiger partial charge in [-0.1, -0.05) is 0 Å². The van der Waals surface area contributed by atoms with E-state index in [4.69, 9.17) is 9.47 Å². The Labute approximate surface area is 178 Å². The van der Waals surface area contributed by atoms with E-state index in [-0.39, 0.29) is 11.9 Å². The second-order valence-electron chi connectivity index (χ2n) is 6.41. The number of pyridine rings is 2. The van der Waals surface area contributed by atoms with E-state index in [0.717, 1.165) is 11.3 Å². The summed E-state index contributed by atoms with van der Waals surface area (Å²) in [5, 5.41) is 9.75. The first kappa shape index (κ1) is 19.9. The number of nitrogens with one attached hydrogen (secondary N) is 2. The molecule has 9 nitrogen and oxygen atoms in total. The molecule has 3 heterocycles. The average Bonchev–Trinajstić information content (AvgIpc) is 3.35. The van der Waals surface area contributed by atoms with E-state index >= 15 is 0 Å². The van der Waals surface area contributed by atoms with Gasteiger partial charge in [0.15, 0.2) is 5.82 Å². The summed E-state index contributed by atoms with van der Waals surface area (Å²) in [5.74, 6) is 2.25. The zero-order valence-electron chi connectivity index (χ0n) is 16.7. The first-order valence-corrected chi connectivity index (χ1v) is 9.48. The van der Waals surface area contributed by atoms with Crippen LogP contribution in [-0.4, -0.2) is 32.9 Å². The molecule has 0 saturated heterocycles. The first-order chi connectivity index (χ1) is 15.2. The minimum Gasteiger partial charge on any atom is -0.497 e. The molecule has 0 aliphatic carbocycles. The van der Waals surface area contributed by atoms with Crippen LogP contribution >= 0.6 is 0 Å². The third kappa shape index (κ3) is 5.15. The van der Waals surface area contributed by atoms with Gasteiger partial charge in [-0.25, -0.2) is 19.4 Å². The number of nitrogens with zero attached hydrogens (tertiary/aromatic N) is 4. The highest BCUT2D eigenvalue weighted by atomic mass is 16.5. The number of carbonyl (C=O) groups excluding carboxylic acids is 1. The number of amides is 2. The molecule has 1 aromatic carbocycles. The molecule has 4 rings (SSSR count). The molecule has 0 bridgehead atoms. The highest BCUT2D eigenvalue weighted by Gasteiger charge is 2.10. The number of ether oxygens (including phenoxy) is 2. The van der Waals surface area contributed by atoms with Crippen molar-refractivity contribution in [1.29, 1.82) is 0 Å². The topological polar surface area (TPSA) is 103 Å². The molecule has 2 amide bonds. The van der Waals surface area contributed by atoms with Crippen molar-refractivity contribution in [2.45, 2.75) is 6.54 Å². The lowest BCUT2D eigenvalue weighted by Gasteiger charge is -2.12. The summed E-state index contributed by atoms with van der Waals surface area (Å²) >= 11 is 0. The van der Waals surface area contributed by atoms with Crippen LogP contribution in [0.4, 0.5) is 10.5 Å². The minimum atomic E-state index is -0.384. The number of urea groups is 1. The molecule has 3 aromatic heterocycles. The van der Waals surface area contributed by atoms with Gasteiger partial charge in [-0.15, -0.1) is 0 Å². The average molecular weight is 416 g/mol. The molecular formula is C22H20N6O3. The van der Waals surface area contributed by atoms with E-state index in [1.165, 1.54) is 0 Å². The van der Waals surface area contributed by atoms with Crippen LogP contribution in [0.3, 0.4) is 0 Å². The lowest BCUT2D eigenvalue weighted by molar-refractivity contribution is 0.251. The molecule has 0 aliphatic rings. The van der Waals surface area contributed by atoms with Gasteiger partial charge in [0.2, 0.25) is 5.88 Å². The largest absolute Gasteiger partial charge is 0.497 e. The number of methoxy groups -OCH3 is 1. The standard InChI is InChI=1S/C22H20N6O3/c1-30-17-5-7-18(8-6-17)31-21-19(4-2-10-24-21)27-22(29)25-15-16-9-12-23-20(14-16)28-13-3-11-26-28/h2-14H,15H2,1H3,(H2,25,27,29). The fourth-order valence-corrected chi connectivity index (χ4v) is 2.77. The van der Waals surface area contributed by atoms with Crippen molar-refractivity contribution in [2.24, 2.45) is 0 Å². The molecule has 0 fully saturated rings. The molecule has 0 radical (unpaired) electrons. The number of benzene rings is 1. The van der Waals surface area contributed by atoms with Gasteiger partial charge >= 0.3 is 6.03 Å². The zero-order valence-corrected chi connectivity index (χ0v) is 16.7. The molecule has 156 valence electrons. The van der Waals surface area contributed by atoms with E-state index in [0.29, 0.717) is 23.8 Å². The molecule has 31 heavy (non-hydrogen) atoms. The van der Waals surface area contributed by atoms with E-state index in [1.54, 1.807) is 73.0 Å². The van der Waals surface area contributed by atoms with Crippen molar-refractivity contribution in [3.63, 3.8) is 0 Å². The number of hydrogen-bond donors (Lipinski definition) is 2. The van der Waals surface area contributed by atoms with Gasteiger partial charge in [0.25, 0.3) is 0 Å². The molecule has 9 heteroatoms. The Morgan fingerprint density at radius 3 is 2.61 bits per heavy atom. The van der Waals surface area contributed by atoms with Crippen LogP contribution in [0.2, 0.25) is 0 Å². The fraction of sp³-hybridized carbons (Fsp3) is 0.0909. The molecule has 0 saturated carbocycles. The second kappa shape index (κ2) is 9.40. The predicted molar refractivity (Wildman–Crippen MR) is 115 cm³/mol. The highest BCUT2D eigenvalue weighted by molar-refractivity contribution is 5.90. The fourth-order valence-electron chi connectivity index (χ4n) is 2.77. The Kier molecular flexibility index (Phi) is 6.03. The van der Waals surface area contributed by atoms with Crippen molar-refractivity contribution in [2.75, 3.05) is 12.4 Å². The monoisotopic (exact) mass is 416 g/mol. The van der Waals surface area contributed by atoms with Crippen LogP contribution in [0, 0.1) is 0 Å². The Hall–Kier alpha value is -4.40. The quantitative estimate of drug-likeness (QED) is 0.475. The number of aromatic nitrogens is 4. The summed E-state index contributed by atoms with van der Waals surface area (Å²) in [6.45, 7) is 0.317. The molecule has 0 aliphatic heterocycles. The summed E-state index contributed by atoms with van der Waals surface area (Å²) < 4.78 is 12.6. The van der Waals surface area contributed by atoms with E-state index < -0.39 is 0 Å². The van der Waals surface area contributed by atoms with Gasteiger partial charge < -0.3 is 20.1 Å². The SMILES string of the molecule is COc1ccc(Oc2ncccc2NC(=O)NCc2ccnc(-n3cccn3)c2)cc1. The number of anilines is 1. The number of carbonyl (C=O) groups is 1. The Morgan fingerprint density at radius 2 is 1.84 bits per heavy atom. The summed E-state index contributed by atoms with van der Waals surface area (Å²) in [6, 6.07) is 15.6. The lowest BCUT2D eigenvalue weighted by Crippen LogP contribution is -2.28. The van der Waals surface area contributed by atoms with Crippen LogP contribution in [0.5, 0.6) is 17.4 Å². The van der Waals surface area contributed by atoms with Gasteiger partial charge in [-0.05, 0) is 60.2 Å². The van der Waals surface area contributed by atoms with Crippen LogP contribution < -0.4 is 20.1 Å². The maximum absolute atomic E-state index is 12.4. The van der Waals surface area contributed by atoms with Crippen LogP contribution in [-0.2, 0) is 6.54 Å². The third-order valence-electron chi connectivity index (χ3n) is 4.30.